The number of hydrogen-bond acceptors (Lipinski definition) is 5. The van der Waals surface area contributed by atoms with Crippen LogP contribution in [0.3, 0.4) is 0 Å². The Morgan fingerprint density at radius 1 is 1.17 bits per heavy atom. The van der Waals surface area contributed by atoms with Crippen molar-refractivity contribution < 1.29 is 13.9 Å². The molecule has 0 spiro atoms. The Bertz CT molecular complexity index is 965. The van der Waals surface area contributed by atoms with E-state index < -0.39 is 6.17 Å². The molecule has 1 amide bonds. The topological polar surface area (TPSA) is 72.3 Å². The van der Waals surface area contributed by atoms with Crippen molar-refractivity contribution in [3.8, 4) is 5.75 Å². The highest BCUT2D eigenvalue weighted by molar-refractivity contribution is 5.91. The second kappa shape index (κ2) is 8.30. The molecule has 0 aliphatic carbocycles. The Hall–Kier alpha value is -3.42. The van der Waals surface area contributed by atoms with Gasteiger partial charge in [-0.25, -0.2) is 9.37 Å². The number of hydrogen-bond donors (Lipinski definition) is 1. The average Bonchev–Trinajstić information content (AvgIpc) is 3.13. The molecule has 0 bridgehead atoms. The number of benzene rings is 1. The molecule has 0 saturated carbocycles. The highest BCUT2D eigenvalue weighted by Crippen LogP contribution is 2.20. The lowest BCUT2D eigenvalue weighted by Gasteiger charge is -2.35. The first-order chi connectivity index (χ1) is 14.1. The molecule has 3 aromatic rings. The van der Waals surface area contributed by atoms with E-state index in [1.165, 1.54) is 0 Å². The third-order valence-corrected chi connectivity index (χ3v) is 4.75. The maximum absolute atomic E-state index is 12.9. The van der Waals surface area contributed by atoms with E-state index in [1.807, 2.05) is 47.5 Å². The summed E-state index contributed by atoms with van der Waals surface area (Å²) >= 11 is 0. The Balaban J connectivity index is 1.29. The molecule has 1 fully saturated rings. The van der Waals surface area contributed by atoms with Gasteiger partial charge in [0.15, 0.2) is 5.82 Å². The minimum atomic E-state index is -0.771. The molecule has 1 aromatic carbocycles. The maximum Gasteiger partial charge on any atom is 0.230 e. The number of nitrogens with one attached hydrogen (secondary N) is 1. The standard InChI is InChI=1S/C21H22FN5O2/c1-29-18-5-2-15(3-6-18)12-27-9-8-19(25-27)24-21(28)10-16-4-7-20(23-11-16)26-13-17(22)14-26/h2-9,11,17H,10,12-14H2,1H3,(H,24,25,28). The van der Waals surface area contributed by atoms with Gasteiger partial charge in [0.1, 0.15) is 17.7 Å². The largest absolute Gasteiger partial charge is 0.497 e. The molecule has 0 atom stereocenters. The van der Waals surface area contributed by atoms with Crippen molar-refractivity contribution in [2.75, 3.05) is 30.4 Å². The predicted molar refractivity (Wildman–Crippen MR) is 108 cm³/mol. The fraction of sp³-hybridized carbons (Fsp3) is 0.286. The van der Waals surface area contributed by atoms with E-state index >= 15 is 0 Å². The van der Waals surface area contributed by atoms with Crippen LogP contribution < -0.4 is 15.0 Å². The average molecular weight is 395 g/mol. The summed E-state index contributed by atoms with van der Waals surface area (Å²) in [5.41, 5.74) is 1.88. The first-order valence-electron chi connectivity index (χ1n) is 9.39. The summed E-state index contributed by atoms with van der Waals surface area (Å²) in [6.07, 6.45) is 2.90. The number of ether oxygens (including phenoxy) is 1. The van der Waals surface area contributed by atoms with E-state index in [2.05, 4.69) is 15.4 Å². The fourth-order valence-corrected chi connectivity index (χ4v) is 3.13. The zero-order chi connectivity index (χ0) is 20.2. The number of carbonyl (C=O) groups excluding carboxylic acids is 1. The number of anilines is 2. The van der Waals surface area contributed by atoms with Crippen LogP contribution in [0, 0.1) is 0 Å². The number of nitrogens with zero attached hydrogens (tertiary/aromatic N) is 4. The van der Waals surface area contributed by atoms with Crippen molar-refractivity contribution in [2.45, 2.75) is 19.1 Å². The summed E-state index contributed by atoms with van der Waals surface area (Å²) in [6.45, 7) is 1.36. The molecule has 7 nitrogen and oxygen atoms in total. The van der Waals surface area contributed by atoms with Crippen molar-refractivity contribution in [1.82, 2.24) is 14.8 Å². The molecule has 8 heteroatoms. The molecular weight excluding hydrogens is 373 g/mol. The highest BCUT2D eigenvalue weighted by atomic mass is 19.1. The van der Waals surface area contributed by atoms with Gasteiger partial charge in [-0.1, -0.05) is 18.2 Å². The fourth-order valence-electron chi connectivity index (χ4n) is 3.13. The molecular formula is C21H22FN5O2. The molecule has 1 aliphatic rings. The zero-order valence-electron chi connectivity index (χ0n) is 16.1. The van der Waals surface area contributed by atoms with Crippen LogP contribution >= 0.6 is 0 Å². The van der Waals surface area contributed by atoms with Crippen molar-refractivity contribution in [3.63, 3.8) is 0 Å². The number of amides is 1. The minimum Gasteiger partial charge on any atom is -0.497 e. The SMILES string of the molecule is COc1ccc(Cn2ccc(NC(=O)Cc3ccc(N4CC(F)C4)nc3)n2)cc1. The molecule has 150 valence electrons. The molecule has 3 heterocycles. The second-order valence-electron chi connectivity index (χ2n) is 7.00. The molecule has 0 radical (unpaired) electrons. The number of pyridine rings is 1. The summed E-state index contributed by atoms with van der Waals surface area (Å²) in [4.78, 5) is 18.5. The van der Waals surface area contributed by atoms with E-state index in [0.717, 1.165) is 22.7 Å². The number of halogens is 1. The van der Waals surface area contributed by atoms with Crippen LogP contribution in [0.4, 0.5) is 16.0 Å². The van der Waals surface area contributed by atoms with Gasteiger partial charge in [0, 0.05) is 18.5 Å². The number of alkyl halides is 1. The van der Waals surface area contributed by atoms with Gasteiger partial charge in [-0.3, -0.25) is 9.48 Å². The Morgan fingerprint density at radius 2 is 1.93 bits per heavy atom. The van der Waals surface area contributed by atoms with Crippen molar-refractivity contribution in [1.29, 1.82) is 0 Å². The van der Waals surface area contributed by atoms with Gasteiger partial charge < -0.3 is 15.0 Å². The summed E-state index contributed by atoms with van der Waals surface area (Å²) in [5.74, 6) is 1.88. The lowest BCUT2D eigenvalue weighted by Crippen LogP contribution is -2.48. The van der Waals surface area contributed by atoms with Crippen LogP contribution in [0.15, 0.2) is 54.9 Å². The van der Waals surface area contributed by atoms with Gasteiger partial charge in [-0.05, 0) is 29.3 Å². The van der Waals surface area contributed by atoms with Crippen molar-refractivity contribution in [2.24, 2.45) is 0 Å². The molecule has 1 N–H and O–H groups in total. The van der Waals surface area contributed by atoms with Gasteiger partial charge >= 0.3 is 0 Å². The normalized spacial score (nSPS) is 13.8. The second-order valence-corrected chi connectivity index (χ2v) is 7.00. The summed E-state index contributed by atoms with van der Waals surface area (Å²) < 4.78 is 19.8. The highest BCUT2D eigenvalue weighted by Gasteiger charge is 2.26. The van der Waals surface area contributed by atoms with E-state index in [-0.39, 0.29) is 12.3 Å². The Labute approximate surface area is 168 Å². The van der Waals surface area contributed by atoms with E-state index in [0.29, 0.717) is 25.5 Å². The van der Waals surface area contributed by atoms with Gasteiger partial charge in [0.25, 0.3) is 0 Å². The molecule has 1 saturated heterocycles. The van der Waals surface area contributed by atoms with Crippen LogP contribution in [0.5, 0.6) is 5.75 Å². The third kappa shape index (κ3) is 4.71. The van der Waals surface area contributed by atoms with E-state index in [4.69, 9.17) is 4.74 Å². The summed E-state index contributed by atoms with van der Waals surface area (Å²) in [6, 6.07) is 13.2. The first-order valence-corrected chi connectivity index (χ1v) is 9.39. The van der Waals surface area contributed by atoms with Gasteiger partial charge in [0.2, 0.25) is 5.91 Å². The molecule has 29 heavy (non-hydrogen) atoms. The Morgan fingerprint density at radius 3 is 2.59 bits per heavy atom. The summed E-state index contributed by atoms with van der Waals surface area (Å²) in [7, 11) is 1.63. The Kier molecular flexibility index (Phi) is 5.41. The molecule has 4 rings (SSSR count). The third-order valence-electron chi connectivity index (χ3n) is 4.75. The minimum absolute atomic E-state index is 0.165. The lowest BCUT2D eigenvalue weighted by molar-refractivity contribution is -0.115. The number of carbonyl (C=O) groups is 1. The number of aromatic nitrogens is 3. The van der Waals surface area contributed by atoms with Crippen molar-refractivity contribution >= 4 is 17.5 Å². The van der Waals surface area contributed by atoms with E-state index in [1.54, 1.807) is 24.1 Å². The zero-order valence-corrected chi connectivity index (χ0v) is 16.1. The molecule has 2 aromatic heterocycles. The monoisotopic (exact) mass is 395 g/mol. The van der Waals surface area contributed by atoms with Crippen LogP contribution in [0.1, 0.15) is 11.1 Å². The van der Waals surface area contributed by atoms with Gasteiger partial charge in [0.05, 0.1) is 33.2 Å². The first kappa shape index (κ1) is 18.9. The van der Waals surface area contributed by atoms with Gasteiger partial charge in [-0.15, -0.1) is 0 Å². The predicted octanol–water partition coefficient (Wildman–Crippen LogP) is 2.67. The van der Waals surface area contributed by atoms with Crippen LogP contribution in [0.25, 0.3) is 0 Å². The number of methoxy groups -OCH3 is 1. The molecule has 1 aliphatic heterocycles. The quantitative estimate of drug-likeness (QED) is 0.666. The van der Waals surface area contributed by atoms with Gasteiger partial charge in [-0.2, -0.15) is 5.10 Å². The van der Waals surface area contributed by atoms with E-state index in [9.17, 15) is 9.18 Å². The summed E-state index contributed by atoms with van der Waals surface area (Å²) in [5, 5.41) is 7.19. The maximum atomic E-state index is 12.9. The molecule has 0 unspecified atom stereocenters. The number of rotatable bonds is 7. The van der Waals surface area contributed by atoms with Crippen molar-refractivity contribution in [3.05, 3.63) is 66.0 Å². The van der Waals surface area contributed by atoms with Crippen LogP contribution in [-0.2, 0) is 17.8 Å². The lowest BCUT2D eigenvalue weighted by atomic mass is 10.1. The smallest absolute Gasteiger partial charge is 0.230 e. The van der Waals surface area contributed by atoms with Crippen LogP contribution in [-0.4, -0.2) is 47.0 Å². The van der Waals surface area contributed by atoms with Crippen LogP contribution in [0.2, 0.25) is 0 Å².